The third-order valence-corrected chi connectivity index (χ3v) is 8.69. The van der Waals surface area contributed by atoms with E-state index in [2.05, 4.69) is 42.3 Å². The molecule has 0 bridgehead atoms. The van der Waals surface area contributed by atoms with Crippen molar-refractivity contribution < 1.29 is 19.4 Å². The summed E-state index contributed by atoms with van der Waals surface area (Å²) in [4.78, 5) is 32.0. The van der Waals surface area contributed by atoms with Crippen molar-refractivity contribution in [3.05, 3.63) is 95.6 Å². The van der Waals surface area contributed by atoms with Gasteiger partial charge in [-0.1, -0.05) is 48.5 Å². The lowest BCUT2D eigenvalue weighted by Gasteiger charge is -2.41. The van der Waals surface area contributed by atoms with E-state index in [1.165, 1.54) is 11.1 Å². The first-order chi connectivity index (χ1) is 21.0. The second-order valence-electron chi connectivity index (χ2n) is 11.9. The van der Waals surface area contributed by atoms with Crippen LogP contribution < -0.4 is 9.64 Å². The molecule has 2 aliphatic heterocycles. The average Bonchev–Trinajstić information content (AvgIpc) is 3.04. The van der Waals surface area contributed by atoms with Crippen molar-refractivity contribution in [2.24, 2.45) is 0 Å². The molecule has 43 heavy (non-hydrogen) atoms. The zero-order chi connectivity index (χ0) is 30.0. The van der Waals surface area contributed by atoms with Gasteiger partial charge < -0.3 is 24.5 Å². The number of aryl methyl sites for hydroxylation is 1. The van der Waals surface area contributed by atoms with Gasteiger partial charge in [0.05, 0.1) is 12.7 Å². The third-order valence-electron chi connectivity index (χ3n) is 8.69. The van der Waals surface area contributed by atoms with Crippen LogP contribution in [-0.4, -0.2) is 78.7 Å². The van der Waals surface area contributed by atoms with Crippen LogP contribution in [0, 0.1) is 0 Å². The highest BCUT2D eigenvalue weighted by Gasteiger charge is 2.33. The van der Waals surface area contributed by atoms with Crippen LogP contribution >= 0.6 is 0 Å². The maximum atomic E-state index is 13.2. The fraction of sp³-hybridized carbons (Fsp3) is 0.444. The summed E-state index contributed by atoms with van der Waals surface area (Å²) in [6, 6.07) is 26.1. The van der Waals surface area contributed by atoms with E-state index in [1.54, 1.807) is 0 Å². The molecule has 3 aromatic rings. The van der Waals surface area contributed by atoms with Crippen molar-refractivity contribution in [2.75, 3.05) is 44.7 Å². The van der Waals surface area contributed by atoms with E-state index in [9.17, 15) is 14.7 Å². The predicted octanol–water partition coefficient (Wildman–Crippen LogP) is 5.36. The Labute approximate surface area is 256 Å². The highest BCUT2D eigenvalue weighted by molar-refractivity contribution is 5.97. The summed E-state index contributed by atoms with van der Waals surface area (Å²) in [6.45, 7) is 3.46. The number of amides is 2. The van der Waals surface area contributed by atoms with E-state index in [4.69, 9.17) is 4.74 Å². The van der Waals surface area contributed by atoms with Gasteiger partial charge in [-0.15, -0.1) is 0 Å². The number of anilines is 1. The van der Waals surface area contributed by atoms with E-state index in [0.29, 0.717) is 38.2 Å². The Morgan fingerprint density at radius 2 is 1.67 bits per heavy atom. The number of aliphatic hydroxyl groups is 1. The fourth-order valence-electron chi connectivity index (χ4n) is 6.24. The van der Waals surface area contributed by atoms with Gasteiger partial charge >= 0.3 is 0 Å². The fourth-order valence-corrected chi connectivity index (χ4v) is 6.24. The van der Waals surface area contributed by atoms with Gasteiger partial charge in [-0.3, -0.25) is 9.59 Å². The number of hydrogen-bond acceptors (Lipinski definition) is 5. The molecule has 5 rings (SSSR count). The summed E-state index contributed by atoms with van der Waals surface area (Å²) in [5.74, 6) is 0.967. The Bertz CT molecular complexity index is 1320. The van der Waals surface area contributed by atoms with Gasteiger partial charge in [-0.2, -0.15) is 0 Å². The lowest BCUT2D eigenvalue weighted by Crippen LogP contribution is -2.50. The maximum absolute atomic E-state index is 13.2. The van der Waals surface area contributed by atoms with Crippen molar-refractivity contribution in [1.29, 1.82) is 0 Å². The number of carbonyl (C=O) groups excluding carboxylic acids is 2. The van der Waals surface area contributed by atoms with Gasteiger partial charge in [0.15, 0.2) is 0 Å². The number of ether oxygens (including phenoxy) is 1. The van der Waals surface area contributed by atoms with Crippen LogP contribution in [0.2, 0.25) is 0 Å². The van der Waals surface area contributed by atoms with Gasteiger partial charge in [-0.05, 0) is 93.5 Å². The van der Waals surface area contributed by atoms with Gasteiger partial charge in [-0.25, -0.2) is 0 Å². The van der Waals surface area contributed by atoms with Gasteiger partial charge in [0.1, 0.15) is 5.75 Å². The molecule has 228 valence electrons. The molecule has 0 saturated carbocycles. The number of carbonyl (C=O) groups is 2. The minimum absolute atomic E-state index is 0.0260. The van der Waals surface area contributed by atoms with Crippen molar-refractivity contribution in [2.45, 2.75) is 63.5 Å². The molecule has 2 amide bonds. The molecule has 1 atom stereocenters. The summed E-state index contributed by atoms with van der Waals surface area (Å²) in [5, 5.41) is 10.4. The van der Waals surface area contributed by atoms with Gasteiger partial charge in [0.25, 0.3) is 5.91 Å². The summed E-state index contributed by atoms with van der Waals surface area (Å²) < 4.78 is 5.90. The normalized spacial score (nSPS) is 16.3. The first-order valence-corrected chi connectivity index (χ1v) is 15.8. The second-order valence-corrected chi connectivity index (χ2v) is 11.9. The number of fused-ring (bicyclic) bond motifs is 1. The summed E-state index contributed by atoms with van der Waals surface area (Å²) in [7, 11) is 2.06. The zero-order valence-corrected chi connectivity index (χ0v) is 25.4. The Hall–Kier alpha value is -3.68. The van der Waals surface area contributed by atoms with Crippen molar-refractivity contribution in [3.63, 3.8) is 0 Å². The van der Waals surface area contributed by atoms with Crippen LogP contribution in [0.1, 0.15) is 60.0 Å². The molecule has 1 fully saturated rings. The number of para-hydroxylation sites is 1. The van der Waals surface area contributed by atoms with E-state index in [1.807, 2.05) is 58.3 Å². The molecule has 0 aliphatic carbocycles. The highest BCUT2D eigenvalue weighted by atomic mass is 16.5. The number of benzene rings is 3. The molecular weight excluding hydrogens is 538 g/mol. The Morgan fingerprint density at radius 1 is 0.953 bits per heavy atom. The molecule has 0 radical (unpaired) electrons. The second kappa shape index (κ2) is 15.2. The number of nitrogens with zero attached hydrogens (tertiary/aromatic N) is 3. The molecule has 1 saturated heterocycles. The molecule has 2 heterocycles. The zero-order valence-electron chi connectivity index (χ0n) is 25.4. The monoisotopic (exact) mass is 583 g/mol. The van der Waals surface area contributed by atoms with Crippen LogP contribution in [-0.2, 0) is 17.6 Å². The molecule has 2 aliphatic rings. The molecular formula is C36H45N3O4. The van der Waals surface area contributed by atoms with Gasteiger partial charge in [0, 0.05) is 49.9 Å². The lowest BCUT2D eigenvalue weighted by molar-refractivity contribution is -0.119. The highest BCUT2D eigenvalue weighted by Crippen LogP contribution is 2.32. The van der Waals surface area contributed by atoms with Crippen molar-refractivity contribution in [3.8, 4) is 5.75 Å². The number of rotatable bonds is 13. The first-order valence-electron chi connectivity index (χ1n) is 15.8. The number of hydrogen-bond donors (Lipinski definition) is 1. The lowest BCUT2D eigenvalue weighted by atomic mass is 9.95. The van der Waals surface area contributed by atoms with E-state index in [0.717, 1.165) is 62.9 Å². The molecule has 7 heteroatoms. The Kier molecular flexibility index (Phi) is 10.9. The predicted molar refractivity (Wildman–Crippen MR) is 171 cm³/mol. The summed E-state index contributed by atoms with van der Waals surface area (Å²) >= 11 is 0. The number of unbranched alkanes of at least 4 members (excludes halogenated alkanes) is 1. The standard InChI is InChI=1S/C36H45N3O4/c1-37(23-20-28-9-3-2-4-10-28)27-32(40)12-7-8-26-43-33-17-14-30(15-18-33)36(42)38-24-21-31(22-25-38)39-34-13-6-5-11-29(34)16-19-35(39)41/h2-6,9-11,13-15,17-18,31-32,40H,7-8,12,16,19-27H2,1H3. The van der Waals surface area contributed by atoms with Crippen molar-refractivity contribution >= 4 is 17.5 Å². The van der Waals surface area contributed by atoms with E-state index >= 15 is 0 Å². The van der Waals surface area contributed by atoms with Gasteiger partial charge in [0.2, 0.25) is 5.91 Å². The quantitative estimate of drug-likeness (QED) is 0.275. The minimum atomic E-state index is -0.340. The number of aliphatic hydroxyl groups excluding tert-OH is 1. The summed E-state index contributed by atoms with van der Waals surface area (Å²) in [6.07, 6.45) is 6.08. The molecule has 3 aromatic carbocycles. The topological polar surface area (TPSA) is 73.3 Å². The SMILES string of the molecule is CN(CCc1ccccc1)CC(O)CCCCOc1ccc(C(=O)N2CCC(N3C(=O)CCc4ccccc43)CC2)cc1. The first kappa shape index (κ1) is 30.8. The minimum Gasteiger partial charge on any atom is -0.494 e. The smallest absolute Gasteiger partial charge is 0.253 e. The maximum Gasteiger partial charge on any atom is 0.253 e. The third kappa shape index (κ3) is 8.46. The Balaban J connectivity index is 0.985. The van der Waals surface area contributed by atoms with Crippen LogP contribution in [0.4, 0.5) is 5.69 Å². The molecule has 0 spiro atoms. The van der Waals surface area contributed by atoms with Crippen LogP contribution in [0.5, 0.6) is 5.75 Å². The van der Waals surface area contributed by atoms with Crippen molar-refractivity contribution in [1.82, 2.24) is 9.80 Å². The molecule has 1 N–H and O–H groups in total. The summed E-state index contributed by atoms with van der Waals surface area (Å²) in [5.41, 5.74) is 4.25. The molecule has 0 aromatic heterocycles. The molecule has 7 nitrogen and oxygen atoms in total. The van der Waals surface area contributed by atoms with Crippen LogP contribution in [0.15, 0.2) is 78.9 Å². The van der Waals surface area contributed by atoms with Crippen LogP contribution in [0.25, 0.3) is 0 Å². The number of piperidine rings is 1. The largest absolute Gasteiger partial charge is 0.494 e. The number of likely N-dealkylation sites (N-methyl/N-ethyl adjacent to an activating group) is 1. The van der Waals surface area contributed by atoms with E-state index in [-0.39, 0.29) is 24.0 Å². The Morgan fingerprint density at radius 3 is 2.44 bits per heavy atom. The molecule has 1 unspecified atom stereocenters. The van der Waals surface area contributed by atoms with Crippen LogP contribution in [0.3, 0.4) is 0 Å². The average molecular weight is 584 g/mol. The van der Waals surface area contributed by atoms with E-state index < -0.39 is 0 Å². The number of likely N-dealkylation sites (tertiary alicyclic amines) is 1.